The van der Waals surface area contributed by atoms with Gasteiger partial charge in [0, 0.05) is 25.2 Å². The first-order valence-corrected chi connectivity index (χ1v) is 8.98. The smallest absolute Gasteiger partial charge is 0.409 e. The second-order valence-electron chi connectivity index (χ2n) is 6.34. The van der Waals surface area contributed by atoms with Crippen molar-refractivity contribution in [3.8, 4) is 5.75 Å². The summed E-state index contributed by atoms with van der Waals surface area (Å²) >= 11 is 0. The van der Waals surface area contributed by atoms with Crippen LogP contribution in [0.25, 0.3) is 0 Å². The molecule has 0 radical (unpaired) electrons. The van der Waals surface area contributed by atoms with E-state index in [4.69, 9.17) is 9.47 Å². The number of hydrogen-bond donors (Lipinski definition) is 1. The van der Waals surface area contributed by atoms with E-state index in [2.05, 4.69) is 12.2 Å². The van der Waals surface area contributed by atoms with Gasteiger partial charge < -0.3 is 19.7 Å². The van der Waals surface area contributed by atoms with Crippen LogP contribution in [0.15, 0.2) is 24.3 Å². The highest BCUT2D eigenvalue weighted by atomic mass is 16.5. The minimum Gasteiger partial charge on any atom is -0.494 e. The summed E-state index contributed by atoms with van der Waals surface area (Å²) in [5.74, 6) is 1.11. The first kappa shape index (κ1) is 19.1. The summed E-state index contributed by atoms with van der Waals surface area (Å²) < 4.78 is 10.3. The van der Waals surface area contributed by atoms with Crippen LogP contribution in [-0.4, -0.2) is 50.3 Å². The molecule has 0 aliphatic carbocycles. The van der Waals surface area contributed by atoms with Gasteiger partial charge in [-0.05, 0) is 49.4 Å². The van der Waals surface area contributed by atoms with Gasteiger partial charge in [-0.2, -0.15) is 0 Å². The molecular formula is C19H28N2O4. The van der Waals surface area contributed by atoms with E-state index >= 15 is 0 Å². The van der Waals surface area contributed by atoms with Gasteiger partial charge in [-0.15, -0.1) is 0 Å². The normalized spacial score (nSPS) is 14.9. The topological polar surface area (TPSA) is 67.9 Å². The van der Waals surface area contributed by atoms with Crippen LogP contribution >= 0.6 is 0 Å². The lowest BCUT2D eigenvalue weighted by molar-refractivity contribution is 0.0914. The van der Waals surface area contributed by atoms with Crippen molar-refractivity contribution in [1.82, 2.24) is 10.2 Å². The number of carbonyl (C=O) groups is 2. The van der Waals surface area contributed by atoms with Crippen LogP contribution < -0.4 is 10.1 Å². The summed E-state index contributed by atoms with van der Waals surface area (Å²) in [6.45, 7) is 4.80. The zero-order chi connectivity index (χ0) is 18.1. The number of piperidine rings is 1. The van der Waals surface area contributed by atoms with E-state index in [1.54, 1.807) is 17.0 Å². The largest absolute Gasteiger partial charge is 0.494 e. The molecule has 0 aromatic heterocycles. The highest BCUT2D eigenvalue weighted by Crippen LogP contribution is 2.17. The van der Waals surface area contributed by atoms with E-state index in [9.17, 15) is 9.59 Å². The second kappa shape index (κ2) is 9.91. The molecule has 1 fully saturated rings. The van der Waals surface area contributed by atoms with Crippen molar-refractivity contribution >= 4 is 12.0 Å². The Kier molecular flexibility index (Phi) is 7.57. The molecule has 25 heavy (non-hydrogen) atoms. The number of rotatable bonds is 7. The SMILES string of the molecule is CCCCOc1ccc(C(=O)NCC2CCN(C(=O)OC)CC2)cc1. The Balaban J connectivity index is 1.72. The summed E-state index contributed by atoms with van der Waals surface area (Å²) in [4.78, 5) is 25.4. The zero-order valence-electron chi connectivity index (χ0n) is 15.1. The number of nitrogens with one attached hydrogen (secondary N) is 1. The summed E-state index contributed by atoms with van der Waals surface area (Å²) in [5.41, 5.74) is 0.634. The van der Waals surface area contributed by atoms with E-state index in [1.165, 1.54) is 7.11 Å². The molecular weight excluding hydrogens is 320 g/mol. The molecule has 1 saturated heterocycles. The molecule has 0 saturated carbocycles. The van der Waals surface area contributed by atoms with Crippen LogP contribution in [0.2, 0.25) is 0 Å². The number of likely N-dealkylation sites (tertiary alicyclic amines) is 1. The Morgan fingerprint density at radius 1 is 1.20 bits per heavy atom. The Bertz CT molecular complexity index is 551. The van der Waals surface area contributed by atoms with E-state index in [1.807, 2.05) is 12.1 Å². The maximum Gasteiger partial charge on any atom is 0.409 e. The fraction of sp³-hybridized carbons (Fsp3) is 0.579. The van der Waals surface area contributed by atoms with Crippen molar-refractivity contribution in [3.05, 3.63) is 29.8 Å². The van der Waals surface area contributed by atoms with Gasteiger partial charge in [0.1, 0.15) is 5.75 Å². The maximum absolute atomic E-state index is 12.2. The summed E-state index contributed by atoms with van der Waals surface area (Å²) in [5, 5.41) is 2.98. The quantitative estimate of drug-likeness (QED) is 0.769. The fourth-order valence-corrected chi connectivity index (χ4v) is 2.82. The van der Waals surface area contributed by atoms with Crippen molar-refractivity contribution in [2.24, 2.45) is 5.92 Å². The third-order valence-electron chi connectivity index (χ3n) is 4.48. The molecule has 0 unspecified atom stereocenters. The number of carbonyl (C=O) groups excluding carboxylic acids is 2. The first-order chi connectivity index (χ1) is 12.1. The van der Waals surface area contributed by atoms with Crippen LogP contribution in [0.1, 0.15) is 43.0 Å². The van der Waals surface area contributed by atoms with Crippen molar-refractivity contribution in [1.29, 1.82) is 0 Å². The Morgan fingerprint density at radius 3 is 2.48 bits per heavy atom. The number of hydrogen-bond acceptors (Lipinski definition) is 4. The van der Waals surface area contributed by atoms with E-state index < -0.39 is 0 Å². The first-order valence-electron chi connectivity index (χ1n) is 8.98. The standard InChI is InChI=1S/C19H28N2O4/c1-3-4-13-25-17-7-5-16(6-8-17)18(22)20-14-15-9-11-21(12-10-15)19(23)24-2/h5-8,15H,3-4,9-14H2,1-2H3,(H,20,22). The van der Waals surface area contributed by atoms with Gasteiger partial charge in [-0.3, -0.25) is 4.79 Å². The number of amides is 2. The van der Waals surface area contributed by atoms with Crippen molar-refractivity contribution < 1.29 is 19.1 Å². The van der Waals surface area contributed by atoms with Crippen LogP contribution in [0.4, 0.5) is 4.79 Å². The summed E-state index contributed by atoms with van der Waals surface area (Å²) in [7, 11) is 1.40. The highest BCUT2D eigenvalue weighted by molar-refractivity contribution is 5.94. The lowest BCUT2D eigenvalue weighted by Gasteiger charge is -2.30. The third-order valence-corrected chi connectivity index (χ3v) is 4.48. The van der Waals surface area contributed by atoms with Crippen molar-refractivity contribution in [2.75, 3.05) is 33.4 Å². The molecule has 0 bridgehead atoms. The summed E-state index contributed by atoms with van der Waals surface area (Å²) in [6, 6.07) is 7.24. The minimum absolute atomic E-state index is 0.0736. The van der Waals surface area contributed by atoms with Gasteiger partial charge in [0.2, 0.25) is 0 Å². The number of ether oxygens (including phenoxy) is 2. The molecule has 1 aliphatic heterocycles. The van der Waals surface area contributed by atoms with Crippen LogP contribution in [0.3, 0.4) is 0 Å². The maximum atomic E-state index is 12.2. The van der Waals surface area contributed by atoms with Gasteiger partial charge in [0.25, 0.3) is 5.91 Å². The molecule has 2 amide bonds. The molecule has 0 atom stereocenters. The highest BCUT2D eigenvalue weighted by Gasteiger charge is 2.23. The third kappa shape index (κ3) is 5.96. The average Bonchev–Trinajstić information content (AvgIpc) is 2.66. The molecule has 6 nitrogen and oxygen atoms in total. The van der Waals surface area contributed by atoms with E-state index in [0.717, 1.165) is 31.4 Å². The van der Waals surface area contributed by atoms with Gasteiger partial charge >= 0.3 is 6.09 Å². The molecule has 0 spiro atoms. The number of methoxy groups -OCH3 is 1. The van der Waals surface area contributed by atoms with Crippen LogP contribution in [-0.2, 0) is 4.74 Å². The predicted molar refractivity (Wildman–Crippen MR) is 95.9 cm³/mol. The lowest BCUT2D eigenvalue weighted by atomic mass is 9.97. The molecule has 2 rings (SSSR count). The Hall–Kier alpha value is -2.24. The van der Waals surface area contributed by atoms with Crippen LogP contribution in [0, 0.1) is 5.92 Å². The van der Waals surface area contributed by atoms with E-state index in [0.29, 0.717) is 37.7 Å². The molecule has 1 aliphatic rings. The molecule has 1 aromatic carbocycles. The fourth-order valence-electron chi connectivity index (χ4n) is 2.82. The molecule has 1 N–H and O–H groups in total. The molecule has 138 valence electrons. The number of nitrogens with zero attached hydrogens (tertiary/aromatic N) is 1. The molecule has 6 heteroatoms. The van der Waals surface area contributed by atoms with Crippen molar-refractivity contribution in [3.63, 3.8) is 0 Å². The van der Waals surface area contributed by atoms with Gasteiger partial charge in [-0.25, -0.2) is 4.79 Å². The zero-order valence-corrected chi connectivity index (χ0v) is 15.1. The monoisotopic (exact) mass is 348 g/mol. The van der Waals surface area contributed by atoms with Crippen LogP contribution in [0.5, 0.6) is 5.75 Å². The van der Waals surface area contributed by atoms with Gasteiger partial charge in [0.15, 0.2) is 0 Å². The minimum atomic E-state index is -0.274. The van der Waals surface area contributed by atoms with E-state index in [-0.39, 0.29) is 12.0 Å². The number of benzene rings is 1. The Morgan fingerprint density at radius 2 is 1.88 bits per heavy atom. The van der Waals surface area contributed by atoms with Crippen molar-refractivity contribution in [2.45, 2.75) is 32.6 Å². The van der Waals surface area contributed by atoms with Gasteiger partial charge in [-0.1, -0.05) is 13.3 Å². The average molecular weight is 348 g/mol. The van der Waals surface area contributed by atoms with Gasteiger partial charge in [0.05, 0.1) is 13.7 Å². The second-order valence-corrected chi connectivity index (χ2v) is 6.34. The molecule has 1 heterocycles. The molecule has 1 aromatic rings. The summed E-state index contributed by atoms with van der Waals surface area (Å²) in [6.07, 6.45) is 3.60. The Labute approximate surface area is 149 Å². The predicted octanol–water partition coefficient (Wildman–Crippen LogP) is 3.07. The number of unbranched alkanes of at least 4 members (excludes halogenated alkanes) is 1. The lowest BCUT2D eigenvalue weighted by Crippen LogP contribution is -2.41.